The molecule has 0 saturated heterocycles. The van der Waals surface area contributed by atoms with Crippen LogP contribution in [0.5, 0.6) is 0 Å². The van der Waals surface area contributed by atoms with Gasteiger partial charge in [-0.2, -0.15) is 13.2 Å². The number of alkyl halides is 3. The van der Waals surface area contributed by atoms with Crippen LogP contribution >= 0.6 is 0 Å². The highest BCUT2D eigenvalue weighted by Gasteiger charge is 2.37. The minimum Gasteiger partial charge on any atom is -0.469 e. The van der Waals surface area contributed by atoms with E-state index in [1.807, 2.05) is 0 Å². The van der Waals surface area contributed by atoms with Crippen LogP contribution in [0, 0.1) is 5.82 Å². The van der Waals surface area contributed by atoms with Gasteiger partial charge in [-0.15, -0.1) is 0 Å². The van der Waals surface area contributed by atoms with E-state index in [1.165, 1.54) is 0 Å². The SMILES string of the molecule is COC(=O)Cc1ccnc(C(F)(F)F)c1F. The van der Waals surface area contributed by atoms with Crippen LogP contribution < -0.4 is 0 Å². The van der Waals surface area contributed by atoms with Gasteiger partial charge in [0.15, 0.2) is 11.5 Å². The van der Waals surface area contributed by atoms with Crippen molar-refractivity contribution < 1.29 is 27.1 Å². The van der Waals surface area contributed by atoms with Gasteiger partial charge in [-0.3, -0.25) is 4.79 Å². The molecule has 16 heavy (non-hydrogen) atoms. The van der Waals surface area contributed by atoms with E-state index in [1.54, 1.807) is 0 Å². The van der Waals surface area contributed by atoms with E-state index >= 15 is 0 Å². The number of aromatic nitrogens is 1. The smallest absolute Gasteiger partial charge is 0.436 e. The Morgan fingerprint density at radius 1 is 1.50 bits per heavy atom. The van der Waals surface area contributed by atoms with Crippen LogP contribution in [0.1, 0.15) is 11.3 Å². The maximum atomic E-state index is 13.3. The summed E-state index contributed by atoms with van der Waals surface area (Å²) in [7, 11) is 1.06. The standard InChI is InChI=1S/C9H7F4NO2/c1-16-6(15)4-5-2-3-14-8(7(5)10)9(11,12)13/h2-3H,4H2,1H3. The number of halogens is 4. The first kappa shape index (κ1) is 12.4. The van der Waals surface area contributed by atoms with Gasteiger partial charge >= 0.3 is 12.1 Å². The summed E-state index contributed by atoms with van der Waals surface area (Å²) in [6, 6.07) is 1.00. The normalized spacial score (nSPS) is 11.3. The molecule has 0 saturated carbocycles. The first-order valence-corrected chi connectivity index (χ1v) is 4.13. The van der Waals surface area contributed by atoms with Crippen molar-refractivity contribution in [2.24, 2.45) is 0 Å². The Bertz CT molecular complexity index is 403. The zero-order valence-electron chi connectivity index (χ0n) is 8.14. The number of pyridine rings is 1. The fraction of sp³-hybridized carbons (Fsp3) is 0.333. The number of hydrogen-bond acceptors (Lipinski definition) is 3. The highest BCUT2D eigenvalue weighted by atomic mass is 19.4. The molecule has 1 heterocycles. The lowest BCUT2D eigenvalue weighted by Gasteiger charge is -2.09. The van der Waals surface area contributed by atoms with E-state index in [2.05, 4.69) is 9.72 Å². The molecule has 0 amide bonds. The Morgan fingerprint density at radius 3 is 2.62 bits per heavy atom. The van der Waals surface area contributed by atoms with E-state index in [-0.39, 0.29) is 0 Å². The molecule has 3 nitrogen and oxygen atoms in total. The number of carbonyl (C=O) groups is 1. The van der Waals surface area contributed by atoms with E-state index in [4.69, 9.17) is 0 Å². The maximum Gasteiger partial charge on any atom is 0.436 e. The average molecular weight is 237 g/mol. The number of ether oxygens (including phenoxy) is 1. The van der Waals surface area contributed by atoms with Gasteiger partial charge < -0.3 is 4.74 Å². The quantitative estimate of drug-likeness (QED) is 0.583. The predicted molar refractivity (Wildman–Crippen MR) is 44.9 cm³/mol. The van der Waals surface area contributed by atoms with Crippen LogP contribution in [-0.2, 0) is 22.1 Å². The number of methoxy groups -OCH3 is 1. The van der Waals surface area contributed by atoms with E-state index < -0.39 is 35.6 Å². The number of hydrogen-bond donors (Lipinski definition) is 0. The Labute approximate surface area is 88.0 Å². The minimum absolute atomic E-state index is 0.394. The van der Waals surface area contributed by atoms with Gasteiger partial charge in [-0.05, 0) is 6.07 Å². The van der Waals surface area contributed by atoms with E-state index in [0.717, 1.165) is 19.4 Å². The summed E-state index contributed by atoms with van der Waals surface area (Å²) in [6.45, 7) is 0. The Morgan fingerprint density at radius 2 is 2.12 bits per heavy atom. The third-order valence-electron chi connectivity index (χ3n) is 1.80. The van der Waals surface area contributed by atoms with Crippen molar-refractivity contribution in [1.29, 1.82) is 0 Å². The fourth-order valence-electron chi connectivity index (χ4n) is 1.05. The van der Waals surface area contributed by atoms with Crippen LogP contribution in [0.15, 0.2) is 12.3 Å². The number of carbonyl (C=O) groups excluding carboxylic acids is 1. The van der Waals surface area contributed by atoms with Crippen molar-refractivity contribution >= 4 is 5.97 Å². The summed E-state index contributed by atoms with van der Waals surface area (Å²) in [5.74, 6) is -2.36. The third-order valence-corrected chi connectivity index (χ3v) is 1.80. The van der Waals surface area contributed by atoms with Crippen LogP contribution in [0.3, 0.4) is 0 Å². The molecule has 1 aromatic heterocycles. The van der Waals surface area contributed by atoms with Gasteiger partial charge in [-0.25, -0.2) is 9.37 Å². The van der Waals surface area contributed by atoms with Gasteiger partial charge in [0.2, 0.25) is 0 Å². The molecule has 7 heteroatoms. The molecule has 0 unspecified atom stereocenters. The van der Waals surface area contributed by atoms with Crippen molar-refractivity contribution in [3.63, 3.8) is 0 Å². The van der Waals surface area contributed by atoms with Crippen molar-refractivity contribution in [3.05, 3.63) is 29.3 Å². The fourth-order valence-corrected chi connectivity index (χ4v) is 1.05. The zero-order valence-corrected chi connectivity index (χ0v) is 8.14. The number of rotatable bonds is 2. The zero-order chi connectivity index (χ0) is 12.3. The van der Waals surface area contributed by atoms with Gasteiger partial charge in [0.05, 0.1) is 13.5 Å². The predicted octanol–water partition coefficient (Wildman–Crippen LogP) is 1.95. The molecule has 0 aliphatic heterocycles. The highest BCUT2D eigenvalue weighted by molar-refractivity contribution is 5.72. The van der Waals surface area contributed by atoms with Crippen LogP contribution in [0.25, 0.3) is 0 Å². The van der Waals surface area contributed by atoms with Gasteiger partial charge in [0, 0.05) is 11.8 Å². The van der Waals surface area contributed by atoms with Gasteiger partial charge in [0.25, 0.3) is 0 Å². The Kier molecular flexibility index (Phi) is 3.46. The van der Waals surface area contributed by atoms with Crippen LogP contribution in [0.4, 0.5) is 17.6 Å². The molecular weight excluding hydrogens is 230 g/mol. The monoisotopic (exact) mass is 237 g/mol. The summed E-state index contributed by atoms with van der Waals surface area (Å²) in [5.41, 5.74) is -2.02. The molecule has 0 bridgehead atoms. The molecule has 0 aromatic carbocycles. The summed E-state index contributed by atoms with van der Waals surface area (Å²) < 4.78 is 54.2. The summed E-state index contributed by atoms with van der Waals surface area (Å²) in [6.07, 6.45) is -4.64. The van der Waals surface area contributed by atoms with Crippen molar-refractivity contribution in [2.45, 2.75) is 12.6 Å². The molecule has 1 rings (SSSR count). The first-order chi connectivity index (χ1) is 7.36. The molecule has 0 fully saturated rings. The Hall–Kier alpha value is -1.66. The molecule has 0 atom stereocenters. The molecule has 0 radical (unpaired) electrons. The summed E-state index contributed by atoms with van der Waals surface area (Å²) >= 11 is 0. The summed E-state index contributed by atoms with van der Waals surface area (Å²) in [5, 5.41) is 0. The Balaban J connectivity index is 3.09. The van der Waals surface area contributed by atoms with Crippen LogP contribution in [-0.4, -0.2) is 18.1 Å². The summed E-state index contributed by atoms with van der Waals surface area (Å²) in [4.78, 5) is 13.7. The maximum absolute atomic E-state index is 13.3. The molecule has 1 aromatic rings. The van der Waals surface area contributed by atoms with E-state index in [9.17, 15) is 22.4 Å². The minimum atomic E-state index is -4.88. The molecule has 0 spiro atoms. The van der Waals surface area contributed by atoms with Crippen molar-refractivity contribution in [3.8, 4) is 0 Å². The molecule has 0 aliphatic carbocycles. The highest BCUT2D eigenvalue weighted by Crippen LogP contribution is 2.30. The molecule has 0 aliphatic rings. The lowest BCUT2D eigenvalue weighted by atomic mass is 10.1. The molecule has 0 N–H and O–H groups in total. The third kappa shape index (κ3) is 2.68. The van der Waals surface area contributed by atoms with Crippen LogP contribution in [0.2, 0.25) is 0 Å². The second-order valence-electron chi connectivity index (χ2n) is 2.88. The number of nitrogens with zero attached hydrogens (tertiary/aromatic N) is 1. The lowest BCUT2D eigenvalue weighted by Crippen LogP contribution is -2.14. The average Bonchev–Trinajstić information content (AvgIpc) is 2.19. The topological polar surface area (TPSA) is 39.2 Å². The number of esters is 1. The van der Waals surface area contributed by atoms with Crippen molar-refractivity contribution in [2.75, 3.05) is 7.11 Å². The molecular formula is C9H7F4NO2. The first-order valence-electron chi connectivity index (χ1n) is 4.13. The lowest BCUT2D eigenvalue weighted by molar-refractivity contribution is -0.144. The van der Waals surface area contributed by atoms with E-state index in [0.29, 0.717) is 0 Å². The van der Waals surface area contributed by atoms with Crippen molar-refractivity contribution in [1.82, 2.24) is 4.98 Å². The molecule has 88 valence electrons. The second kappa shape index (κ2) is 4.46. The van der Waals surface area contributed by atoms with Gasteiger partial charge in [0.1, 0.15) is 0 Å². The largest absolute Gasteiger partial charge is 0.469 e. The second-order valence-corrected chi connectivity index (χ2v) is 2.88. The van der Waals surface area contributed by atoms with Gasteiger partial charge in [-0.1, -0.05) is 0 Å².